The molecule has 1 fully saturated rings. The first-order valence-electron chi connectivity index (χ1n) is 9.79. The number of rotatable bonds is 8. The van der Waals surface area contributed by atoms with E-state index in [-0.39, 0.29) is 34.9 Å². The van der Waals surface area contributed by atoms with E-state index in [2.05, 4.69) is 9.97 Å². The Balaban J connectivity index is 0.00000155. The Hall–Kier alpha value is -3.20. The summed E-state index contributed by atoms with van der Waals surface area (Å²) in [4.78, 5) is 33.4. The maximum atomic E-state index is 12.1. The number of hydrogen-bond acceptors (Lipinski definition) is 7. The Labute approximate surface area is 175 Å². The minimum Gasteiger partial charge on any atom is -0.488 e. The molecule has 0 bridgehead atoms. The first-order valence-corrected chi connectivity index (χ1v) is 9.79. The molecule has 1 saturated heterocycles. The molecule has 0 radical (unpaired) electrons. The molecule has 1 aliphatic rings. The lowest BCUT2D eigenvalue weighted by Gasteiger charge is -2.30. The summed E-state index contributed by atoms with van der Waals surface area (Å²) in [5, 5.41) is 9.31. The van der Waals surface area contributed by atoms with Gasteiger partial charge in [-0.2, -0.15) is 0 Å². The maximum absolute atomic E-state index is 12.1. The number of aromatic nitrogens is 2. The number of nitrogens with zero attached hydrogens (tertiary/aromatic N) is 3. The number of methoxy groups -OCH3 is 1. The first kappa shape index (κ1) is 23.1. The molecule has 2 aromatic rings. The summed E-state index contributed by atoms with van der Waals surface area (Å²) in [7, 11) is 1.55. The molecule has 0 aliphatic carbocycles. The lowest BCUT2D eigenvalue weighted by molar-refractivity contribution is 0.0643. The maximum Gasteiger partial charge on any atom is 0.335 e. The fourth-order valence-corrected chi connectivity index (χ4v) is 2.60. The predicted octanol–water partition coefficient (Wildman–Crippen LogP) is 3.25. The van der Waals surface area contributed by atoms with E-state index >= 15 is 0 Å². The van der Waals surface area contributed by atoms with Gasteiger partial charge in [0.15, 0.2) is 0 Å². The lowest BCUT2D eigenvalue weighted by Crippen LogP contribution is -2.42. The zero-order chi connectivity index (χ0) is 22.1. The molecule has 3 rings (SSSR count). The number of carbonyl (C=O) groups excluding carboxylic acids is 1. The summed E-state index contributed by atoms with van der Waals surface area (Å²) < 4.78 is 16.3. The molecule has 9 heteroatoms. The molecule has 1 unspecified atom stereocenters. The van der Waals surface area contributed by atoms with Crippen LogP contribution in [0.5, 0.6) is 17.4 Å². The second kappa shape index (κ2) is 11.1. The van der Waals surface area contributed by atoms with Crippen molar-refractivity contribution in [3.8, 4) is 17.4 Å². The van der Waals surface area contributed by atoms with Crippen LogP contribution in [0, 0.1) is 0 Å². The molecule has 162 valence electrons. The Kier molecular flexibility index (Phi) is 8.54. The van der Waals surface area contributed by atoms with Crippen LogP contribution in [-0.2, 0) is 4.74 Å². The van der Waals surface area contributed by atoms with E-state index in [0.29, 0.717) is 12.4 Å². The van der Waals surface area contributed by atoms with Gasteiger partial charge in [0.05, 0.1) is 24.6 Å². The average molecular weight is 417 g/mol. The number of hydrogen-bond donors (Lipinski definition) is 1. The van der Waals surface area contributed by atoms with E-state index in [9.17, 15) is 14.7 Å². The van der Waals surface area contributed by atoms with Crippen LogP contribution in [0.2, 0.25) is 0 Å². The van der Waals surface area contributed by atoms with Crippen molar-refractivity contribution >= 4 is 11.9 Å². The molecule has 2 heterocycles. The zero-order valence-corrected chi connectivity index (χ0v) is 17.6. The van der Waals surface area contributed by atoms with E-state index < -0.39 is 5.97 Å². The van der Waals surface area contributed by atoms with Crippen molar-refractivity contribution in [2.24, 2.45) is 0 Å². The normalized spacial score (nSPS) is 13.4. The number of benzene rings is 1. The van der Waals surface area contributed by atoms with Crippen LogP contribution in [0.15, 0.2) is 30.6 Å². The monoisotopic (exact) mass is 417 g/mol. The second-order valence-electron chi connectivity index (χ2n) is 6.37. The number of ether oxygens (including phenoxy) is 3. The highest BCUT2D eigenvalue weighted by Crippen LogP contribution is 2.27. The Morgan fingerprint density at radius 3 is 2.37 bits per heavy atom. The molecular weight excluding hydrogens is 390 g/mol. The van der Waals surface area contributed by atoms with Crippen LogP contribution in [0.4, 0.5) is 0 Å². The van der Waals surface area contributed by atoms with Crippen molar-refractivity contribution in [3.05, 3.63) is 41.9 Å². The summed E-state index contributed by atoms with van der Waals surface area (Å²) in [6, 6.07) is 4.32. The Morgan fingerprint density at radius 2 is 1.83 bits per heavy atom. The first-order chi connectivity index (χ1) is 14.5. The number of carbonyl (C=O) groups is 2. The standard InChI is InChI=1S/C19H21N3O6.C2H6/c1-12(11-26-2)27-14-6-13(19(24)25)7-15(8-14)28-17-10-20-16(9-21-17)18(23)22-4-3-5-22;1-2/h6-10,12H,3-5,11H2,1-2H3,(H,24,25);1-2H3. The van der Waals surface area contributed by atoms with Crippen LogP contribution >= 0.6 is 0 Å². The van der Waals surface area contributed by atoms with Crippen LogP contribution in [0.25, 0.3) is 0 Å². The van der Waals surface area contributed by atoms with E-state index in [1.165, 1.54) is 24.5 Å². The van der Waals surface area contributed by atoms with E-state index in [4.69, 9.17) is 14.2 Å². The van der Waals surface area contributed by atoms with Gasteiger partial charge >= 0.3 is 5.97 Å². The number of carboxylic acid groups (broad SMARTS) is 1. The number of carboxylic acids is 1. The van der Waals surface area contributed by atoms with Gasteiger partial charge in [0.25, 0.3) is 5.91 Å². The minimum atomic E-state index is -1.11. The molecular formula is C21H27N3O6. The third kappa shape index (κ3) is 6.15. The number of amides is 1. The number of likely N-dealkylation sites (tertiary alicyclic amines) is 1. The van der Waals surface area contributed by atoms with Gasteiger partial charge in [-0.15, -0.1) is 0 Å². The largest absolute Gasteiger partial charge is 0.488 e. The van der Waals surface area contributed by atoms with Crippen LogP contribution in [0.3, 0.4) is 0 Å². The quantitative estimate of drug-likeness (QED) is 0.697. The van der Waals surface area contributed by atoms with Crippen molar-refractivity contribution < 1.29 is 28.9 Å². The SMILES string of the molecule is CC.COCC(C)Oc1cc(Oc2cnc(C(=O)N3CCC3)cn2)cc(C(=O)O)c1. The van der Waals surface area contributed by atoms with Crippen molar-refractivity contribution in [3.63, 3.8) is 0 Å². The summed E-state index contributed by atoms with van der Waals surface area (Å²) in [6.07, 6.45) is 3.39. The van der Waals surface area contributed by atoms with Crippen molar-refractivity contribution in [1.82, 2.24) is 14.9 Å². The Bertz CT molecular complexity index is 852. The molecule has 1 aromatic heterocycles. The average Bonchev–Trinajstić information content (AvgIpc) is 2.68. The van der Waals surface area contributed by atoms with E-state index in [0.717, 1.165) is 19.5 Å². The molecule has 9 nitrogen and oxygen atoms in total. The molecule has 1 aliphatic heterocycles. The predicted molar refractivity (Wildman–Crippen MR) is 109 cm³/mol. The molecule has 1 aromatic carbocycles. The summed E-state index contributed by atoms with van der Waals surface area (Å²) in [6.45, 7) is 7.61. The van der Waals surface area contributed by atoms with Gasteiger partial charge < -0.3 is 24.2 Å². The third-order valence-electron chi connectivity index (χ3n) is 4.08. The fraction of sp³-hybridized carbons (Fsp3) is 0.429. The molecule has 1 atom stereocenters. The van der Waals surface area contributed by atoms with Crippen molar-refractivity contribution in [2.45, 2.75) is 33.3 Å². The summed E-state index contributed by atoms with van der Waals surface area (Å²) in [5.74, 6) is -0.580. The van der Waals surface area contributed by atoms with Crippen LogP contribution < -0.4 is 9.47 Å². The summed E-state index contributed by atoms with van der Waals surface area (Å²) in [5.41, 5.74) is 0.249. The van der Waals surface area contributed by atoms with Gasteiger partial charge in [0, 0.05) is 26.3 Å². The highest BCUT2D eigenvalue weighted by molar-refractivity contribution is 5.92. The lowest BCUT2D eigenvalue weighted by atomic mass is 10.2. The van der Waals surface area contributed by atoms with Gasteiger partial charge in [0.2, 0.25) is 5.88 Å². The van der Waals surface area contributed by atoms with Gasteiger partial charge in [-0.05, 0) is 25.5 Å². The molecule has 30 heavy (non-hydrogen) atoms. The number of aromatic carboxylic acids is 1. The molecule has 0 saturated carbocycles. The summed E-state index contributed by atoms with van der Waals surface area (Å²) >= 11 is 0. The highest BCUT2D eigenvalue weighted by Gasteiger charge is 2.23. The van der Waals surface area contributed by atoms with Crippen molar-refractivity contribution in [2.75, 3.05) is 26.8 Å². The van der Waals surface area contributed by atoms with E-state index in [1.807, 2.05) is 13.8 Å². The molecule has 1 amide bonds. The van der Waals surface area contributed by atoms with Gasteiger partial charge in [-0.25, -0.2) is 14.8 Å². The van der Waals surface area contributed by atoms with Crippen molar-refractivity contribution in [1.29, 1.82) is 0 Å². The zero-order valence-electron chi connectivity index (χ0n) is 17.6. The molecule has 1 N–H and O–H groups in total. The fourth-order valence-electron chi connectivity index (χ4n) is 2.60. The van der Waals surface area contributed by atoms with Gasteiger partial charge in [0.1, 0.15) is 23.3 Å². The molecule has 0 spiro atoms. The van der Waals surface area contributed by atoms with Crippen LogP contribution in [-0.4, -0.2) is 64.8 Å². The van der Waals surface area contributed by atoms with Gasteiger partial charge in [-0.1, -0.05) is 13.8 Å². The van der Waals surface area contributed by atoms with Gasteiger partial charge in [-0.3, -0.25) is 4.79 Å². The van der Waals surface area contributed by atoms with E-state index in [1.54, 1.807) is 25.0 Å². The highest BCUT2D eigenvalue weighted by atomic mass is 16.5. The second-order valence-corrected chi connectivity index (χ2v) is 6.37. The third-order valence-corrected chi connectivity index (χ3v) is 4.08. The minimum absolute atomic E-state index is 0.00894. The smallest absolute Gasteiger partial charge is 0.335 e. The topological polar surface area (TPSA) is 111 Å². The van der Waals surface area contributed by atoms with Crippen LogP contribution in [0.1, 0.15) is 48.0 Å². The Morgan fingerprint density at radius 1 is 1.13 bits per heavy atom.